The van der Waals surface area contributed by atoms with Gasteiger partial charge in [-0.05, 0) is 56.1 Å². The topological polar surface area (TPSA) is 116 Å². The van der Waals surface area contributed by atoms with Crippen LogP contribution in [0.3, 0.4) is 0 Å². The summed E-state index contributed by atoms with van der Waals surface area (Å²) in [5.74, 6) is -0.451. The van der Waals surface area contributed by atoms with Gasteiger partial charge in [0.25, 0.3) is 0 Å². The second kappa shape index (κ2) is 9.40. The highest BCUT2D eigenvalue weighted by Gasteiger charge is 2.17. The van der Waals surface area contributed by atoms with Gasteiger partial charge in [-0.1, -0.05) is 7.43 Å². The number of halogens is 2. The lowest BCUT2D eigenvalue weighted by Gasteiger charge is -1.99. The Labute approximate surface area is 188 Å². The standard InChI is InChI=1S/C10H8BrNO3.C9H6BrNO3.CH4/c1-5-12-8-6(10(13)14-2)3-4-7(11)9(8)15-5;1-4-11-7-5(9(12)13)2-3-6(10)8(7)14-4;/h3-4H,1-2H3;2-3H,1H3,(H,12,13);1H4. The number of nitrogens with zero attached hydrogens (tertiary/aromatic N) is 2. The number of rotatable bonds is 2. The van der Waals surface area contributed by atoms with E-state index in [0.717, 1.165) is 4.47 Å². The Bertz CT molecular complexity index is 1250. The first-order valence-electron chi connectivity index (χ1n) is 8.15. The number of hydrogen-bond acceptors (Lipinski definition) is 7. The molecule has 158 valence electrons. The second-order valence-electron chi connectivity index (χ2n) is 5.81. The van der Waals surface area contributed by atoms with E-state index in [9.17, 15) is 9.59 Å². The van der Waals surface area contributed by atoms with E-state index in [4.69, 9.17) is 13.9 Å². The van der Waals surface area contributed by atoms with E-state index in [1.807, 2.05) is 0 Å². The van der Waals surface area contributed by atoms with Gasteiger partial charge in [0.1, 0.15) is 11.0 Å². The van der Waals surface area contributed by atoms with Crippen LogP contribution in [0.25, 0.3) is 22.2 Å². The van der Waals surface area contributed by atoms with Crippen LogP contribution in [0.5, 0.6) is 0 Å². The summed E-state index contributed by atoms with van der Waals surface area (Å²) in [5.41, 5.74) is 2.50. The van der Waals surface area contributed by atoms with Crippen LogP contribution >= 0.6 is 31.9 Å². The van der Waals surface area contributed by atoms with Crippen molar-refractivity contribution in [3.05, 3.63) is 56.1 Å². The van der Waals surface area contributed by atoms with Gasteiger partial charge in [0.15, 0.2) is 22.9 Å². The number of carboxylic acid groups (broad SMARTS) is 1. The van der Waals surface area contributed by atoms with Gasteiger partial charge in [0.05, 0.1) is 27.2 Å². The maximum absolute atomic E-state index is 11.4. The molecular weight excluding hydrogens is 524 g/mol. The third kappa shape index (κ3) is 4.54. The minimum absolute atomic E-state index is 0. The normalized spacial score (nSPS) is 10.3. The number of aromatic nitrogens is 2. The van der Waals surface area contributed by atoms with Gasteiger partial charge < -0.3 is 18.7 Å². The van der Waals surface area contributed by atoms with Gasteiger partial charge in [0, 0.05) is 13.8 Å². The Hall–Kier alpha value is -2.72. The molecular formula is C20H18Br2N2O6. The number of carbonyl (C=O) groups excluding carboxylic acids is 1. The van der Waals surface area contributed by atoms with Crippen molar-refractivity contribution in [2.75, 3.05) is 7.11 Å². The minimum Gasteiger partial charge on any atom is -0.478 e. The molecule has 2 aromatic heterocycles. The second-order valence-corrected chi connectivity index (χ2v) is 7.52. The predicted octanol–water partition coefficient (Wildman–Crippen LogP) is 5.92. The van der Waals surface area contributed by atoms with E-state index < -0.39 is 11.9 Å². The number of oxazole rings is 2. The summed E-state index contributed by atoms with van der Waals surface area (Å²) < 4.78 is 16.8. The SMILES string of the molecule is C.COC(=O)c1ccc(Br)c2oc(C)nc12.Cc1nc2c(C(=O)O)ccc(Br)c2o1. The summed E-state index contributed by atoms with van der Waals surface area (Å²) in [4.78, 5) is 30.4. The molecule has 0 bridgehead atoms. The molecule has 0 amide bonds. The molecule has 0 aliphatic rings. The van der Waals surface area contributed by atoms with Crippen LogP contribution in [-0.4, -0.2) is 34.1 Å². The van der Waals surface area contributed by atoms with Crippen LogP contribution in [-0.2, 0) is 4.74 Å². The van der Waals surface area contributed by atoms with Crippen molar-refractivity contribution in [3.63, 3.8) is 0 Å². The summed E-state index contributed by atoms with van der Waals surface area (Å²) in [6.45, 7) is 3.41. The van der Waals surface area contributed by atoms with Gasteiger partial charge >= 0.3 is 11.9 Å². The van der Waals surface area contributed by atoms with Crippen LogP contribution in [0.15, 0.2) is 42.0 Å². The number of methoxy groups -OCH3 is 1. The maximum atomic E-state index is 11.4. The molecule has 0 fully saturated rings. The number of carboxylic acids is 1. The maximum Gasteiger partial charge on any atom is 0.340 e. The quantitative estimate of drug-likeness (QED) is 0.311. The fourth-order valence-electron chi connectivity index (χ4n) is 2.61. The molecule has 0 aliphatic carbocycles. The molecule has 0 atom stereocenters. The number of hydrogen-bond donors (Lipinski definition) is 1. The van der Waals surface area contributed by atoms with E-state index in [-0.39, 0.29) is 13.0 Å². The fourth-order valence-corrected chi connectivity index (χ4v) is 3.41. The largest absolute Gasteiger partial charge is 0.478 e. The first kappa shape index (κ1) is 23.6. The Kier molecular flexibility index (Phi) is 7.38. The minimum atomic E-state index is -1.00. The van der Waals surface area contributed by atoms with E-state index in [1.54, 1.807) is 32.0 Å². The molecule has 0 aliphatic heterocycles. The van der Waals surface area contributed by atoms with Gasteiger partial charge in [0.2, 0.25) is 0 Å². The Morgan fingerprint density at radius 3 is 1.77 bits per heavy atom. The number of benzene rings is 2. The summed E-state index contributed by atoms with van der Waals surface area (Å²) in [5, 5.41) is 8.89. The smallest absolute Gasteiger partial charge is 0.340 e. The van der Waals surface area contributed by atoms with Crippen LogP contribution in [0, 0.1) is 13.8 Å². The number of ether oxygens (including phenoxy) is 1. The molecule has 0 unspecified atom stereocenters. The lowest BCUT2D eigenvalue weighted by atomic mass is 10.2. The first-order valence-corrected chi connectivity index (χ1v) is 9.74. The van der Waals surface area contributed by atoms with Gasteiger partial charge in [-0.15, -0.1) is 0 Å². The summed E-state index contributed by atoms with van der Waals surface area (Å²) >= 11 is 6.60. The monoisotopic (exact) mass is 540 g/mol. The van der Waals surface area contributed by atoms with Crippen molar-refractivity contribution in [1.29, 1.82) is 0 Å². The summed E-state index contributed by atoms with van der Waals surface area (Å²) in [6, 6.07) is 6.52. The number of esters is 1. The van der Waals surface area contributed by atoms with Crippen molar-refractivity contribution < 1.29 is 28.3 Å². The molecule has 10 heteroatoms. The van der Waals surface area contributed by atoms with E-state index in [0.29, 0.717) is 44.0 Å². The first-order chi connectivity index (χ1) is 13.7. The van der Waals surface area contributed by atoms with Crippen LogP contribution in [0.2, 0.25) is 0 Å². The third-order valence-electron chi connectivity index (χ3n) is 3.84. The van der Waals surface area contributed by atoms with Gasteiger partial charge in [-0.25, -0.2) is 19.6 Å². The Balaban J connectivity index is 0.000000207. The lowest BCUT2D eigenvalue weighted by Crippen LogP contribution is -2.01. The molecule has 2 aromatic carbocycles. The van der Waals surface area contributed by atoms with Crippen molar-refractivity contribution in [2.45, 2.75) is 21.3 Å². The number of aryl methyl sites for hydroxylation is 2. The van der Waals surface area contributed by atoms with Crippen molar-refractivity contribution >= 4 is 66.0 Å². The third-order valence-corrected chi connectivity index (χ3v) is 5.09. The Morgan fingerprint density at radius 1 is 0.900 bits per heavy atom. The average molecular weight is 542 g/mol. The highest BCUT2D eigenvalue weighted by atomic mass is 79.9. The number of carbonyl (C=O) groups is 2. The van der Waals surface area contributed by atoms with Gasteiger partial charge in [-0.2, -0.15) is 0 Å². The van der Waals surface area contributed by atoms with E-state index >= 15 is 0 Å². The van der Waals surface area contributed by atoms with Crippen LogP contribution < -0.4 is 0 Å². The molecule has 0 saturated heterocycles. The van der Waals surface area contributed by atoms with Crippen molar-refractivity contribution in [3.8, 4) is 0 Å². The highest BCUT2D eigenvalue weighted by Crippen LogP contribution is 2.28. The predicted molar refractivity (Wildman–Crippen MR) is 118 cm³/mol. The molecule has 0 spiro atoms. The molecule has 4 aromatic rings. The molecule has 1 N–H and O–H groups in total. The van der Waals surface area contributed by atoms with Crippen molar-refractivity contribution in [1.82, 2.24) is 9.97 Å². The van der Waals surface area contributed by atoms with Crippen LogP contribution in [0.4, 0.5) is 0 Å². The lowest BCUT2D eigenvalue weighted by molar-refractivity contribution is 0.0601. The highest BCUT2D eigenvalue weighted by molar-refractivity contribution is 9.11. The molecule has 30 heavy (non-hydrogen) atoms. The van der Waals surface area contributed by atoms with E-state index in [2.05, 4.69) is 46.6 Å². The molecule has 0 saturated carbocycles. The number of aromatic carboxylic acids is 1. The molecule has 8 nitrogen and oxygen atoms in total. The fraction of sp³-hybridized carbons (Fsp3) is 0.200. The van der Waals surface area contributed by atoms with E-state index in [1.165, 1.54) is 13.2 Å². The van der Waals surface area contributed by atoms with Crippen LogP contribution in [0.1, 0.15) is 39.9 Å². The molecule has 4 rings (SSSR count). The average Bonchev–Trinajstić information content (AvgIpc) is 3.25. The zero-order chi connectivity index (χ0) is 21.3. The zero-order valence-corrected chi connectivity index (χ0v) is 18.6. The van der Waals surface area contributed by atoms with Gasteiger partial charge in [-0.3, -0.25) is 0 Å². The number of fused-ring (bicyclic) bond motifs is 2. The van der Waals surface area contributed by atoms with Crippen molar-refractivity contribution in [2.24, 2.45) is 0 Å². The summed E-state index contributed by atoms with van der Waals surface area (Å²) in [6.07, 6.45) is 0. The molecule has 0 radical (unpaired) electrons. The summed E-state index contributed by atoms with van der Waals surface area (Å²) in [7, 11) is 1.34. The Morgan fingerprint density at radius 2 is 1.33 bits per heavy atom. The zero-order valence-electron chi connectivity index (χ0n) is 15.4. The molecule has 2 heterocycles.